The molecule has 2 heterocycles. The van der Waals surface area contributed by atoms with Crippen molar-refractivity contribution in [3.63, 3.8) is 0 Å². The minimum absolute atomic E-state index is 0.160. The molecule has 1 saturated heterocycles. The van der Waals surface area contributed by atoms with E-state index in [1.54, 1.807) is 28.9 Å². The Morgan fingerprint density at radius 2 is 2.05 bits per heavy atom. The number of likely N-dealkylation sites (tertiary alicyclic amines) is 1. The van der Waals surface area contributed by atoms with Crippen molar-refractivity contribution in [2.75, 3.05) is 18.8 Å². The normalized spacial score (nSPS) is 19.6. The van der Waals surface area contributed by atoms with Gasteiger partial charge in [0.2, 0.25) is 0 Å². The van der Waals surface area contributed by atoms with Crippen molar-refractivity contribution < 1.29 is 8.42 Å². The van der Waals surface area contributed by atoms with Crippen molar-refractivity contribution in [1.82, 2.24) is 14.7 Å². The number of hydrogen-bond acceptors (Lipinski definition) is 4. The predicted molar refractivity (Wildman–Crippen MR) is 85.3 cm³/mol. The van der Waals surface area contributed by atoms with Gasteiger partial charge in [0, 0.05) is 31.4 Å². The number of nitrogens with zero attached hydrogens (tertiary/aromatic N) is 3. The van der Waals surface area contributed by atoms with Gasteiger partial charge in [0.1, 0.15) is 0 Å². The molecule has 1 fully saturated rings. The van der Waals surface area contributed by atoms with Crippen LogP contribution in [0.5, 0.6) is 0 Å². The third-order valence-electron chi connectivity index (χ3n) is 4.22. The molecule has 118 valence electrons. The lowest BCUT2D eigenvalue weighted by Gasteiger charge is -2.23. The van der Waals surface area contributed by atoms with Gasteiger partial charge in [-0.3, -0.25) is 9.58 Å². The summed E-state index contributed by atoms with van der Waals surface area (Å²) >= 11 is 0. The summed E-state index contributed by atoms with van der Waals surface area (Å²) in [5.41, 5.74) is 1.18. The van der Waals surface area contributed by atoms with Gasteiger partial charge in [-0.15, -0.1) is 0 Å². The lowest BCUT2D eigenvalue weighted by Crippen LogP contribution is -2.29. The van der Waals surface area contributed by atoms with Gasteiger partial charge < -0.3 is 0 Å². The van der Waals surface area contributed by atoms with Gasteiger partial charge in [0.25, 0.3) is 0 Å². The molecule has 0 amide bonds. The summed E-state index contributed by atoms with van der Waals surface area (Å²) in [4.78, 5) is 2.67. The van der Waals surface area contributed by atoms with Gasteiger partial charge in [-0.1, -0.05) is 18.2 Å². The second-order valence-corrected chi connectivity index (χ2v) is 7.88. The van der Waals surface area contributed by atoms with Crippen LogP contribution >= 0.6 is 0 Å². The number of aromatic nitrogens is 2. The van der Waals surface area contributed by atoms with E-state index in [1.807, 2.05) is 25.5 Å². The van der Waals surface area contributed by atoms with Crippen LogP contribution in [0.15, 0.2) is 47.6 Å². The Hall–Kier alpha value is -1.66. The molecular weight excluding hydrogens is 298 g/mol. The van der Waals surface area contributed by atoms with E-state index in [2.05, 4.69) is 10.00 Å². The molecule has 0 unspecified atom stereocenters. The first-order chi connectivity index (χ1) is 10.6. The van der Waals surface area contributed by atoms with Crippen LogP contribution in [0, 0.1) is 0 Å². The summed E-state index contributed by atoms with van der Waals surface area (Å²) in [6.45, 7) is 1.51. The molecule has 0 bridgehead atoms. The van der Waals surface area contributed by atoms with Crippen LogP contribution in [-0.4, -0.2) is 41.9 Å². The molecule has 0 N–H and O–H groups in total. The Labute approximate surface area is 131 Å². The van der Waals surface area contributed by atoms with Crippen LogP contribution in [0.2, 0.25) is 0 Å². The minimum atomic E-state index is -3.21. The number of hydrogen-bond donors (Lipinski definition) is 0. The maximum Gasteiger partial charge on any atom is 0.179 e. The topological polar surface area (TPSA) is 55.2 Å². The minimum Gasteiger partial charge on any atom is -0.295 e. The fraction of sp³-hybridized carbons (Fsp3) is 0.438. The van der Waals surface area contributed by atoms with E-state index in [0.717, 1.165) is 19.4 Å². The van der Waals surface area contributed by atoms with Crippen molar-refractivity contribution in [2.45, 2.75) is 23.8 Å². The molecule has 1 aromatic heterocycles. The maximum absolute atomic E-state index is 12.4. The highest BCUT2D eigenvalue weighted by Gasteiger charge is 2.28. The van der Waals surface area contributed by atoms with Gasteiger partial charge in [-0.05, 0) is 31.5 Å². The molecule has 0 aliphatic carbocycles. The monoisotopic (exact) mass is 319 g/mol. The SMILES string of the molecule is Cn1cc([C@H]2CCCN2CCS(=O)(=O)c2ccccc2)cn1. The van der Waals surface area contributed by atoms with Gasteiger partial charge in [-0.2, -0.15) is 5.10 Å². The van der Waals surface area contributed by atoms with Crippen molar-refractivity contribution in [3.05, 3.63) is 48.3 Å². The molecule has 1 aliphatic rings. The van der Waals surface area contributed by atoms with Gasteiger partial charge in [0.05, 0.1) is 16.8 Å². The smallest absolute Gasteiger partial charge is 0.179 e. The van der Waals surface area contributed by atoms with E-state index < -0.39 is 9.84 Å². The molecule has 5 nitrogen and oxygen atoms in total. The molecule has 22 heavy (non-hydrogen) atoms. The van der Waals surface area contributed by atoms with Gasteiger partial charge >= 0.3 is 0 Å². The van der Waals surface area contributed by atoms with Crippen molar-refractivity contribution >= 4 is 9.84 Å². The fourth-order valence-corrected chi connectivity index (χ4v) is 4.35. The summed E-state index contributed by atoms with van der Waals surface area (Å²) in [6, 6.07) is 8.98. The number of benzene rings is 1. The van der Waals surface area contributed by atoms with E-state index in [4.69, 9.17) is 0 Å². The quantitative estimate of drug-likeness (QED) is 0.846. The summed E-state index contributed by atoms with van der Waals surface area (Å²) in [6.07, 6.45) is 6.07. The van der Waals surface area contributed by atoms with Crippen LogP contribution in [0.1, 0.15) is 24.4 Å². The first kappa shape index (κ1) is 15.2. The second-order valence-electron chi connectivity index (χ2n) is 5.77. The highest BCUT2D eigenvalue weighted by molar-refractivity contribution is 7.91. The third kappa shape index (κ3) is 3.23. The lowest BCUT2D eigenvalue weighted by atomic mass is 10.1. The maximum atomic E-state index is 12.4. The molecule has 0 spiro atoms. The molecule has 0 saturated carbocycles. The van der Waals surface area contributed by atoms with Crippen molar-refractivity contribution in [3.8, 4) is 0 Å². The van der Waals surface area contributed by atoms with Crippen LogP contribution in [-0.2, 0) is 16.9 Å². The third-order valence-corrected chi connectivity index (χ3v) is 5.93. The highest BCUT2D eigenvalue weighted by Crippen LogP contribution is 2.31. The van der Waals surface area contributed by atoms with Crippen LogP contribution < -0.4 is 0 Å². The van der Waals surface area contributed by atoms with E-state index in [9.17, 15) is 8.42 Å². The summed E-state index contributed by atoms with van der Waals surface area (Å²) in [5.74, 6) is 0.160. The number of aryl methyl sites for hydroxylation is 1. The molecule has 1 atom stereocenters. The van der Waals surface area contributed by atoms with Crippen LogP contribution in [0.3, 0.4) is 0 Å². The number of sulfone groups is 1. The molecule has 3 rings (SSSR count). The lowest BCUT2D eigenvalue weighted by molar-refractivity contribution is 0.272. The van der Waals surface area contributed by atoms with Crippen molar-refractivity contribution in [2.24, 2.45) is 7.05 Å². The number of rotatable bonds is 5. The first-order valence-corrected chi connectivity index (χ1v) is 9.22. The molecule has 6 heteroatoms. The van der Waals surface area contributed by atoms with E-state index in [-0.39, 0.29) is 5.75 Å². The Kier molecular flexibility index (Phi) is 4.31. The highest BCUT2D eigenvalue weighted by atomic mass is 32.2. The Balaban J connectivity index is 1.68. The van der Waals surface area contributed by atoms with Crippen molar-refractivity contribution in [1.29, 1.82) is 0 Å². The zero-order valence-electron chi connectivity index (χ0n) is 12.7. The van der Waals surface area contributed by atoms with E-state index in [1.165, 1.54) is 5.56 Å². The Morgan fingerprint density at radius 3 is 2.73 bits per heavy atom. The summed E-state index contributed by atoms with van der Waals surface area (Å²) in [5, 5.41) is 4.22. The molecular formula is C16H21N3O2S. The largest absolute Gasteiger partial charge is 0.295 e. The fourth-order valence-electron chi connectivity index (χ4n) is 3.07. The molecule has 2 aromatic rings. The Bertz CT molecular complexity index is 725. The van der Waals surface area contributed by atoms with E-state index >= 15 is 0 Å². The molecule has 1 aromatic carbocycles. The summed E-state index contributed by atoms with van der Waals surface area (Å²) < 4.78 is 26.6. The first-order valence-electron chi connectivity index (χ1n) is 7.57. The summed E-state index contributed by atoms with van der Waals surface area (Å²) in [7, 11) is -1.31. The zero-order valence-corrected chi connectivity index (χ0v) is 13.5. The Morgan fingerprint density at radius 1 is 1.27 bits per heavy atom. The standard InChI is InChI=1S/C16H21N3O2S/c1-18-13-14(12-17-18)16-8-5-9-19(16)10-11-22(20,21)15-6-3-2-4-7-15/h2-4,6-7,12-13,16H,5,8-11H2,1H3/t16-/m1/s1. The van der Waals surface area contributed by atoms with Gasteiger partial charge in [0.15, 0.2) is 9.84 Å². The van der Waals surface area contributed by atoms with Crippen LogP contribution in [0.4, 0.5) is 0 Å². The average molecular weight is 319 g/mol. The molecule has 0 radical (unpaired) electrons. The van der Waals surface area contributed by atoms with Crippen LogP contribution in [0.25, 0.3) is 0 Å². The molecule has 1 aliphatic heterocycles. The zero-order chi connectivity index (χ0) is 15.6. The second kappa shape index (κ2) is 6.22. The van der Waals surface area contributed by atoms with Gasteiger partial charge in [-0.25, -0.2) is 8.42 Å². The van der Waals surface area contributed by atoms with E-state index in [0.29, 0.717) is 17.5 Å². The predicted octanol–water partition coefficient (Wildman–Crippen LogP) is 2.03. The average Bonchev–Trinajstić information content (AvgIpc) is 3.14.